The molecule has 7 heteroatoms. The van der Waals surface area contributed by atoms with Gasteiger partial charge < -0.3 is 10.0 Å². The topological polar surface area (TPSA) is 81.1 Å². The van der Waals surface area contributed by atoms with Gasteiger partial charge in [0.2, 0.25) is 0 Å². The first-order valence-corrected chi connectivity index (χ1v) is 11.9. The molecule has 0 saturated heterocycles. The van der Waals surface area contributed by atoms with Gasteiger partial charge in [-0.1, -0.05) is 48.5 Å². The van der Waals surface area contributed by atoms with Crippen LogP contribution in [0.25, 0.3) is 10.8 Å². The molecule has 0 fully saturated rings. The van der Waals surface area contributed by atoms with Gasteiger partial charge in [0.25, 0.3) is 11.3 Å². The second-order valence-corrected chi connectivity index (χ2v) is 9.07. The highest BCUT2D eigenvalue weighted by atomic mass is 32.2. The highest BCUT2D eigenvalue weighted by molar-refractivity contribution is 7.81. The number of hydrogen-bond acceptors (Lipinski definition) is 3. The average molecular weight is 475 g/mol. The van der Waals surface area contributed by atoms with Crippen molar-refractivity contribution in [2.75, 3.05) is 23.3 Å². The molecular formula is C27H26N2O4S. The van der Waals surface area contributed by atoms with Crippen LogP contribution in [0.1, 0.15) is 21.5 Å². The minimum Gasteiger partial charge on any atom is -0.478 e. The summed E-state index contributed by atoms with van der Waals surface area (Å²) in [7, 11) is 3.94. The zero-order chi connectivity index (χ0) is 24.2. The summed E-state index contributed by atoms with van der Waals surface area (Å²) >= 11 is -2.26. The molecule has 4 aromatic rings. The summed E-state index contributed by atoms with van der Waals surface area (Å²) in [5, 5.41) is 11.1. The maximum Gasteiger partial charge on any atom is 0.335 e. The Morgan fingerprint density at radius 1 is 0.794 bits per heavy atom. The molecule has 1 atom stereocenters. The molecule has 1 unspecified atom stereocenters. The van der Waals surface area contributed by atoms with Crippen LogP contribution in [-0.2, 0) is 24.1 Å². The number of benzene rings is 4. The van der Waals surface area contributed by atoms with Crippen molar-refractivity contribution in [1.29, 1.82) is 0 Å². The summed E-state index contributed by atoms with van der Waals surface area (Å²) < 4.78 is 24.0. The summed E-state index contributed by atoms with van der Waals surface area (Å²) in [5.74, 6) is -0.936. The number of aromatic carboxylic acids is 1. The van der Waals surface area contributed by atoms with Crippen molar-refractivity contribution in [3.05, 3.63) is 102 Å². The molecule has 4 rings (SSSR count). The Labute approximate surface area is 201 Å². The molecule has 0 aliphatic rings. The van der Waals surface area contributed by atoms with E-state index in [0.717, 1.165) is 34.0 Å². The number of aryl methyl sites for hydroxylation is 2. The Bertz CT molecular complexity index is 1350. The Hall–Kier alpha value is -3.68. The molecule has 0 aliphatic carbocycles. The summed E-state index contributed by atoms with van der Waals surface area (Å²) in [6.45, 7) is 0. The predicted octanol–water partition coefficient (Wildman–Crippen LogP) is 5.66. The molecule has 0 heterocycles. The largest absolute Gasteiger partial charge is 0.478 e. The number of anilines is 3. The molecule has 2 N–H and O–H groups in total. The van der Waals surface area contributed by atoms with Crippen LogP contribution in [0.4, 0.5) is 17.1 Å². The Morgan fingerprint density at radius 2 is 1.38 bits per heavy atom. The monoisotopic (exact) mass is 474 g/mol. The summed E-state index contributed by atoms with van der Waals surface area (Å²) in [6.07, 6.45) is 1.43. The van der Waals surface area contributed by atoms with Crippen molar-refractivity contribution in [2.45, 2.75) is 12.8 Å². The predicted molar refractivity (Wildman–Crippen MR) is 138 cm³/mol. The van der Waals surface area contributed by atoms with Crippen LogP contribution in [0.5, 0.6) is 0 Å². The minimum atomic E-state index is -2.26. The Balaban J connectivity index is 1.61. The highest BCUT2D eigenvalue weighted by Gasteiger charge is 2.19. The standard InChI is InChI=1S/C27H26N2O4S/c1-28(2)25-10-4-9-24-23(25)8-5-11-26(24)29(34(32)33)22-16-14-19(15-17-22)12-13-20-6-3-7-21(18-20)27(30)31/h3-11,14-18H,12-13H2,1-2H3,(H,30,31)(H,32,33). The first-order valence-electron chi connectivity index (χ1n) is 10.9. The summed E-state index contributed by atoms with van der Waals surface area (Å²) in [4.78, 5) is 13.2. The van der Waals surface area contributed by atoms with E-state index in [4.69, 9.17) is 0 Å². The lowest BCUT2D eigenvalue weighted by Gasteiger charge is -2.23. The van der Waals surface area contributed by atoms with Gasteiger partial charge in [0.05, 0.1) is 16.9 Å². The van der Waals surface area contributed by atoms with Gasteiger partial charge in [-0.2, -0.15) is 0 Å². The number of nitrogens with zero attached hydrogens (tertiary/aromatic N) is 2. The third-order valence-electron chi connectivity index (χ3n) is 5.78. The fourth-order valence-corrected chi connectivity index (χ4v) is 4.73. The number of carbonyl (C=O) groups is 1. The quantitative estimate of drug-likeness (QED) is 0.322. The van der Waals surface area contributed by atoms with Crippen LogP contribution in [0.3, 0.4) is 0 Å². The van der Waals surface area contributed by atoms with Crippen molar-refractivity contribution in [3.63, 3.8) is 0 Å². The number of hydrogen-bond donors (Lipinski definition) is 2. The van der Waals surface area contributed by atoms with Crippen LogP contribution in [0.2, 0.25) is 0 Å². The molecule has 0 saturated carbocycles. The maximum atomic E-state index is 12.4. The first-order chi connectivity index (χ1) is 16.3. The van der Waals surface area contributed by atoms with Crippen LogP contribution in [0, 0.1) is 0 Å². The highest BCUT2D eigenvalue weighted by Crippen LogP contribution is 2.36. The van der Waals surface area contributed by atoms with Gasteiger partial charge in [-0.15, -0.1) is 0 Å². The molecule has 6 nitrogen and oxygen atoms in total. The van der Waals surface area contributed by atoms with Crippen molar-refractivity contribution >= 4 is 45.1 Å². The van der Waals surface area contributed by atoms with Crippen molar-refractivity contribution in [2.24, 2.45) is 0 Å². The van der Waals surface area contributed by atoms with Gasteiger partial charge in [0.15, 0.2) is 0 Å². The zero-order valence-electron chi connectivity index (χ0n) is 19.0. The number of carboxylic acid groups (broad SMARTS) is 1. The van der Waals surface area contributed by atoms with Crippen molar-refractivity contribution in [3.8, 4) is 0 Å². The van der Waals surface area contributed by atoms with E-state index in [1.54, 1.807) is 18.2 Å². The lowest BCUT2D eigenvalue weighted by atomic mass is 10.0. The SMILES string of the molecule is CN(C)c1cccc2c(N(c3ccc(CCc4cccc(C(=O)O)c4)cc3)S(=O)O)cccc12. The van der Waals surface area contributed by atoms with Gasteiger partial charge in [-0.3, -0.25) is 4.55 Å². The van der Waals surface area contributed by atoms with Crippen LogP contribution in [-0.4, -0.2) is 33.9 Å². The molecule has 0 aliphatic heterocycles. The van der Waals surface area contributed by atoms with E-state index in [9.17, 15) is 18.7 Å². The molecule has 174 valence electrons. The minimum absolute atomic E-state index is 0.279. The third-order valence-corrected chi connectivity index (χ3v) is 6.50. The maximum absolute atomic E-state index is 12.4. The molecule has 0 bridgehead atoms. The molecule has 0 amide bonds. The van der Waals surface area contributed by atoms with Gasteiger partial charge >= 0.3 is 5.97 Å². The van der Waals surface area contributed by atoms with Gasteiger partial charge in [0, 0.05) is 30.6 Å². The molecule has 4 aromatic carbocycles. The second kappa shape index (κ2) is 10.1. The van der Waals surface area contributed by atoms with E-state index in [1.165, 1.54) is 4.31 Å². The smallest absolute Gasteiger partial charge is 0.335 e. The van der Waals surface area contributed by atoms with Gasteiger partial charge in [-0.05, 0) is 60.4 Å². The first kappa shape index (κ1) is 23.5. The van der Waals surface area contributed by atoms with E-state index < -0.39 is 17.2 Å². The van der Waals surface area contributed by atoms with E-state index >= 15 is 0 Å². The summed E-state index contributed by atoms with van der Waals surface area (Å²) in [6, 6.07) is 26.2. The van der Waals surface area contributed by atoms with Crippen LogP contribution >= 0.6 is 0 Å². The molecular weight excluding hydrogens is 448 g/mol. The normalized spacial score (nSPS) is 11.9. The number of rotatable bonds is 8. The molecule has 0 aromatic heterocycles. The van der Waals surface area contributed by atoms with Crippen LogP contribution in [0.15, 0.2) is 84.9 Å². The van der Waals surface area contributed by atoms with E-state index in [-0.39, 0.29) is 5.56 Å². The lowest BCUT2D eigenvalue weighted by molar-refractivity contribution is 0.0696. The van der Waals surface area contributed by atoms with Crippen molar-refractivity contribution < 1.29 is 18.7 Å². The Morgan fingerprint density at radius 3 is 2.00 bits per heavy atom. The van der Waals surface area contributed by atoms with Crippen LogP contribution < -0.4 is 9.21 Å². The fraction of sp³-hybridized carbons (Fsp3) is 0.148. The van der Waals surface area contributed by atoms with E-state index in [1.807, 2.05) is 85.7 Å². The number of fused-ring (bicyclic) bond motifs is 1. The second-order valence-electron chi connectivity index (χ2n) is 8.24. The van der Waals surface area contributed by atoms with Gasteiger partial charge in [0.1, 0.15) is 0 Å². The summed E-state index contributed by atoms with van der Waals surface area (Å²) in [5.41, 5.74) is 4.59. The van der Waals surface area contributed by atoms with Gasteiger partial charge in [-0.25, -0.2) is 13.3 Å². The third kappa shape index (κ3) is 4.95. The fourth-order valence-electron chi connectivity index (χ4n) is 4.10. The number of carboxylic acids is 1. The molecule has 0 radical (unpaired) electrons. The molecule has 0 spiro atoms. The molecule has 34 heavy (non-hydrogen) atoms. The van der Waals surface area contributed by atoms with E-state index in [2.05, 4.69) is 0 Å². The average Bonchev–Trinajstić information content (AvgIpc) is 2.83. The van der Waals surface area contributed by atoms with E-state index in [0.29, 0.717) is 17.8 Å². The zero-order valence-corrected chi connectivity index (χ0v) is 19.8. The Kier molecular flexibility index (Phi) is 6.95. The lowest BCUT2D eigenvalue weighted by Crippen LogP contribution is -2.19. The van der Waals surface area contributed by atoms with Crippen molar-refractivity contribution in [1.82, 2.24) is 0 Å².